The molecule has 1 aromatic carbocycles. The van der Waals surface area contributed by atoms with Gasteiger partial charge in [0.2, 0.25) is 5.91 Å². The number of carbonyl (C=O) groups is 1. The molecule has 1 aliphatic rings. The molecule has 2 rings (SSSR count). The monoisotopic (exact) mass is 218 g/mol. The van der Waals surface area contributed by atoms with Crippen molar-refractivity contribution in [2.24, 2.45) is 0 Å². The lowest BCUT2D eigenvalue weighted by Gasteiger charge is -2.16. The molecule has 16 heavy (non-hydrogen) atoms. The number of amides is 1. The van der Waals surface area contributed by atoms with Crippen molar-refractivity contribution in [1.82, 2.24) is 10.6 Å². The number of rotatable bonds is 3. The Morgan fingerprint density at radius 1 is 1.44 bits per heavy atom. The lowest BCUT2D eigenvalue weighted by atomic mass is 10.00. The van der Waals surface area contributed by atoms with E-state index in [0.29, 0.717) is 6.04 Å². The van der Waals surface area contributed by atoms with Crippen molar-refractivity contribution in [2.45, 2.75) is 25.3 Å². The predicted octanol–water partition coefficient (Wildman–Crippen LogP) is 1.27. The van der Waals surface area contributed by atoms with Gasteiger partial charge >= 0.3 is 0 Å². The van der Waals surface area contributed by atoms with Gasteiger partial charge in [0.1, 0.15) is 0 Å². The Morgan fingerprint density at radius 2 is 2.19 bits per heavy atom. The second-order valence-corrected chi connectivity index (χ2v) is 4.33. The maximum absolute atomic E-state index is 12.0. The fraction of sp³-hybridized carbons (Fsp3) is 0.462. The minimum absolute atomic E-state index is 0.0678. The van der Waals surface area contributed by atoms with Crippen LogP contribution >= 0.6 is 0 Å². The molecule has 86 valence electrons. The van der Waals surface area contributed by atoms with Gasteiger partial charge in [0, 0.05) is 12.6 Å². The quantitative estimate of drug-likeness (QED) is 0.802. The summed E-state index contributed by atoms with van der Waals surface area (Å²) in [6, 6.07) is 10.2. The van der Waals surface area contributed by atoms with Gasteiger partial charge in [-0.1, -0.05) is 30.3 Å². The molecule has 1 fully saturated rings. The first-order chi connectivity index (χ1) is 7.77. The van der Waals surface area contributed by atoms with E-state index in [2.05, 4.69) is 10.6 Å². The molecular formula is C13H18N2O. The Labute approximate surface area is 96.2 Å². The van der Waals surface area contributed by atoms with Crippen molar-refractivity contribution in [2.75, 3.05) is 13.1 Å². The Bertz CT molecular complexity index is 344. The van der Waals surface area contributed by atoms with E-state index in [-0.39, 0.29) is 11.8 Å². The van der Waals surface area contributed by atoms with E-state index in [1.54, 1.807) is 0 Å². The highest BCUT2D eigenvalue weighted by molar-refractivity contribution is 5.83. The van der Waals surface area contributed by atoms with E-state index in [1.807, 2.05) is 37.3 Å². The lowest BCUT2D eigenvalue weighted by Crippen LogP contribution is -2.38. The summed E-state index contributed by atoms with van der Waals surface area (Å²) in [6.07, 6.45) is 1.03. The minimum Gasteiger partial charge on any atom is -0.352 e. The van der Waals surface area contributed by atoms with Crippen LogP contribution in [0.4, 0.5) is 0 Å². The Balaban J connectivity index is 1.94. The molecule has 0 bridgehead atoms. The second-order valence-electron chi connectivity index (χ2n) is 4.33. The number of benzene rings is 1. The average molecular weight is 218 g/mol. The third-order valence-electron chi connectivity index (χ3n) is 3.10. The van der Waals surface area contributed by atoms with Crippen LogP contribution in [0.15, 0.2) is 30.3 Å². The van der Waals surface area contributed by atoms with Crippen LogP contribution in [-0.4, -0.2) is 25.0 Å². The largest absolute Gasteiger partial charge is 0.352 e. The highest BCUT2D eigenvalue weighted by Crippen LogP contribution is 2.15. The molecule has 0 saturated carbocycles. The summed E-state index contributed by atoms with van der Waals surface area (Å²) < 4.78 is 0. The van der Waals surface area contributed by atoms with Crippen LogP contribution in [-0.2, 0) is 4.79 Å². The third kappa shape index (κ3) is 2.61. The van der Waals surface area contributed by atoms with E-state index in [9.17, 15) is 4.79 Å². The van der Waals surface area contributed by atoms with Crippen LogP contribution in [0.1, 0.15) is 24.8 Å². The Morgan fingerprint density at radius 3 is 2.81 bits per heavy atom. The Kier molecular flexibility index (Phi) is 3.57. The van der Waals surface area contributed by atoms with E-state index in [4.69, 9.17) is 0 Å². The van der Waals surface area contributed by atoms with Gasteiger partial charge in [-0.25, -0.2) is 0 Å². The molecule has 1 saturated heterocycles. The maximum Gasteiger partial charge on any atom is 0.227 e. The van der Waals surface area contributed by atoms with Gasteiger partial charge in [-0.3, -0.25) is 4.79 Å². The Hall–Kier alpha value is -1.35. The molecule has 2 atom stereocenters. The number of nitrogens with one attached hydrogen (secondary N) is 2. The van der Waals surface area contributed by atoms with Gasteiger partial charge in [0.05, 0.1) is 5.92 Å². The predicted molar refractivity (Wildman–Crippen MR) is 64.3 cm³/mol. The summed E-state index contributed by atoms with van der Waals surface area (Å²) in [6.45, 7) is 3.85. The van der Waals surface area contributed by atoms with Crippen LogP contribution in [0.5, 0.6) is 0 Å². The highest BCUT2D eigenvalue weighted by atomic mass is 16.1. The van der Waals surface area contributed by atoms with E-state index in [1.165, 1.54) is 0 Å². The fourth-order valence-corrected chi connectivity index (χ4v) is 2.00. The zero-order valence-corrected chi connectivity index (χ0v) is 9.57. The maximum atomic E-state index is 12.0. The summed E-state index contributed by atoms with van der Waals surface area (Å²) in [4.78, 5) is 12.0. The molecule has 1 aliphatic heterocycles. The van der Waals surface area contributed by atoms with Crippen molar-refractivity contribution in [3.63, 3.8) is 0 Å². The van der Waals surface area contributed by atoms with E-state index < -0.39 is 0 Å². The molecular weight excluding hydrogens is 200 g/mol. The summed E-state index contributed by atoms with van der Waals surface area (Å²) in [7, 11) is 0. The number of carbonyl (C=O) groups excluding carboxylic acids is 1. The summed E-state index contributed by atoms with van der Waals surface area (Å²) in [5, 5.41) is 6.32. The summed E-state index contributed by atoms with van der Waals surface area (Å²) in [5.74, 6) is 0.0571. The van der Waals surface area contributed by atoms with Crippen LogP contribution in [0, 0.1) is 0 Å². The number of hydrogen-bond donors (Lipinski definition) is 2. The second kappa shape index (κ2) is 5.12. The van der Waals surface area contributed by atoms with Crippen LogP contribution in [0.25, 0.3) is 0 Å². The fourth-order valence-electron chi connectivity index (χ4n) is 2.00. The van der Waals surface area contributed by atoms with Crippen molar-refractivity contribution in [3.8, 4) is 0 Å². The molecule has 1 unspecified atom stereocenters. The zero-order valence-electron chi connectivity index (χ0n) is 9.57. The smallest absolute Gasteiger partial charge is 0.227 e. The van der Waals surface area contributed by atoms with Crippen LogP contribution in [0.3, 0.4) is 0 Å². The van der Waals surface area contributed by atoms with Crippen molar-refractivity contribution in [3.05, 3.63) is 35.9 Å². The first-order valence-corrected chi connectivity index (χ1v) is 5.83. The molecule has 1 amide bonds. The lowest BCUT2D eigenvalue weighted by molar-refractivity contribution is -0.122. The first-order valence-electron chi connectivity index (χ1n) is 5.83. The van der Waals surface area contributed by atoms with Crippen molar-refractivity contribution < 1.29 is 4.79 Å². The van der Waals surface area contributed by atoms with Gasteiger partial charge in [-0.05, 0) is 25.5 Å². The highest BCUT2D eigenvalue weighted by Gasteiger charge is 2.20. The van der Waals surface area contributed by atoms with Crippen LogP contribution < -0.4 is 10.6 Å². The molecule has 0 aliphatic carbocycles. The van der Waals surface area contributed by atoms with Gasteiger partial charge in [0.15, 0.2) is 0 Å². The molecule has 0 spiro atoms. The molecule has 0 radical (unpaired) electrons. The van der Waals surface area contributed by atoms with Gasteiger partial charge in [0.25, 0.3) is 0 Å². The van der Waals surface area contributed by atoms with Crippen molar-refractivity contribution >= 4 is 5.91 Å². The molecule has 0 aromatic heterocycles. The molecule has 1 heterocycles. The van der Waals surface area contributed by atoms with Gasteiger partial charge in [-0.2, -0.15) is 0 Å². The summed E-state index contributed by atoms with van der Waals surface area (Å²) >= 11 is 0. The third-order valence-corrected chi connectivity index (χ3v) is 3.10. The van der Waals surface area contributed by atoms with Gasteiger partial charge < -0.3 is 10.6 Å². The van der Waals surface area contributed by atoms with E-state index >= 15 is 0 Å². The molecule has 3 heteroatoms. The zero-order chi connectivity index (χ0) is 11.4. The SMILES string of the molecule is CC(C(=O)N[C@H]1CCNC1)c1ccccc1. The first kappa shape index (κ1) is 11.1. The topological polar surface area (TPSA) is 41.1 Å². The van der Waals surface area contributed by atoms with E-state index in [0.717, 1.165) is 25.1 Å². The standard InChI is InChI=1S/C13H18N2O/c1-10(11-5-3-2-4-6-11)13(16)15-12-7-8-14-9-12/h2-6,10,12,14H,7-9H2,1H3,(H,15,16)/t10?,12-/m0/s1. The van der Waals surface area contributed by atoms with Crippen molar-refractivity contribution in [1.29, 1.82) is 0 Å². The molecule has 1 aromatic rings. The molecule has 3 nitrogen and oxygen atoms in total. The van der Waals surface area contributed by atoms with Crippen LogP contribution in [0.2, 0.25) is 0 Å². The van der Waals surface area contributed by atoms with Gasteiger partial charge in [-0.15, -0.1) is 0 Å². The average Bonchev–Trinajstić information content (AvgIpc) is 2.82. The summed E-state index contributed by atoms with van der Waals surface area (Å²) in [5.41, 5.74) is 1.07. The normalized spacial score (nSPS) is 21.7. The molecule has 2 N–H and O–H groups in total. The minimum atomic E-state index is -0.0678. The number of hydrogen-bond acceptors (Lipinski definition) is 2.